The van der Waals surface area contributed by atoms with E-state index in [1.165, 1.54) is 11.2 Å². The Hall–Kier alpha value is -4.18. The molecule has 0 spiro atoms. The summed E-state index contributed by atoms with van der Waals surface area (Å²) in [5.41, 5.74) is 3.55. The number of benzene rings is 3. The van der Waals surface area contributed by atoms with E-state index < -0.39 is 23.6 Å². The number of azo groups is 1. The minimum atomic E-state index is -4.62. The molecule has 0 bridgehead atoms. The Morgan fingerprint density at radius 1 is 1.08 bits per heavy atom. The number of para-hydroxylation sites is 1. The van der Waals surface area contributed by atoms with Gasteiger partial charge in [-0.3, -0.25) is 0 Å². The average molecular weight is 536 g/mol. The van der Waals surface area contributed by atoms with Crippen molar-refractivity contribution >= 4 is 53.0 Å². The SMILES string of the molecule is Cc1cccc(C)c1NC(=S)/N=N\C=c1/ccc2c(c1)C=CC1C=2N=CN1c1ccc(C(F)(F)F)cc1F. The van der Waals surface area contributed by atoms with Gasteiger partial charge in [0, 0.05) is 10.9 Å². The number of nitrogens with one attached hydrogen (secondary N) is 1. The molecule has 10 heteroatoms. The predicted molar refractivity (Wildman–Crippen MR) is 146 cm³/mol. The lowest BCUT2D eigenvalue weighted by molar-refractivity contribution is -0.137. The number of rotatable bonds is 3. The zero-order chi connectivity index (χ0) is 27.0. The second kappa shape index (κ2) is 9.94. The van der Waals surface area contributed by atoms with Crippen molar-refractivity contribution in [2.24, 2.45) is 15.2 Å². The molecule has 3 aromatic rings. The van der Waals surface area contributed by atoms with Gasteiger partial charge < -0.3 is 10.2 Å². The van der Waals surface area contributed by atoms with Gasteiger partial charge in [0.15, 0.2) is 0 Å². The summed E-state index contributed by atoms with van der Waals surface area (Å²) in [4.78, 5) is 5.95. The van der Waals surface area contributed by atoms with E-state index in [0.29, 0.717) is 11.8 Å². The maximum Gasteiger partial charge on any atom is 0.416 e. The molecule has 1 unspecified atom stereocenters. The standard InChI is InChI=1S/C28H21F4N5S/c1-16-4-3-5-17(2)25(16)35-27(38)36-34-14-18-6-9-21-19(12-18)7-10-24-26(21)33-15-37(24)23-11-8-20(13-22(23)29)28(30,31)32/h3-15,24H,1-2H3,(H,35,38)/b18-14+,36-34-. The van der Waals surface area contributed by atoms with Gasteiger partial charge in [-0.05, 0) is 72.2 Å². The van der Waals surface area contributed by atoms with E-state index in [1.54, 1.807) is 6.20 Å². The van der Waals surface area contributed by atoms with E-state index in [4.69, 9.17) is 12.2 Å². The molecular formula is C28H21F4N5S. The first-order valence-corrected chi connectivity index (χ1v) is 12.0. The fourth-order valence-electron chi connectivity index (χ4n) is 4.44. The van der Waals surface area contributed by atoms with Crippen molar-refractivity contribution in [1.82, 2.24) is 0 Å². The molecule has 192 valence electrons. The molecule has 2 aliphatic rings. The van der Waals surface area contributed by atoms with Gasteiger partial charge in [-0.25, -0.2) is 9.38 Å². The van der Waals surface area contributed by atoms with E-state index in [-0.39, 0.29) is 10.8 Å². The molecule has 1 atom stereocenters. The molecule has 3 aromatic carbocycles. The van der Waals surface area contributed by atoms with Crippen molar-refractivity contribution < 1.29 is 17.6 Å². The van der Waals surface area contributed by atoms with Crippen LogP contribution in [0.3, 0.4) is 0 Å². The number of hydrogen-bond acceptors (Lipinski definition) is 4. The van der Waals surface area contributed by atoms with Gasteiger partial charge in [0.1, 0.15) is 5.82 Å². The maximum absolute atomic E-state index is 14.6. The lowest BCUT2D eigenvalue weighted by atomic mass is 9.98. The minimum absolute atomic E-state index is 0.0192. The van der Waals surface area contributed by atoms with Crippen LogP contribution in [-0.4, -0.2) is 17.5 Å². The van der Waals surface area contributed by atoms with E-state index in [2.05, 4.69) is 20.5 Å². The van der Waals surface area contributed by atoms with Crippen molar-refractivity contribution in [2.75, 3.05) is 10.2 Å². The number of alkyl halides is 3. The number of fused-ring (bicyclic) bond motifs is 2. The monoisotopic (exact) mass is 535 g/mol. The summed E-state index contributed by atoms with van der Waals surface area (Å²) in [6.07, 6.45) is 2.11. The molecule has 0 radical (unpaired) electrons. The van der Waals surface area contributed by atoms with E-state index in [0.717, 1.165) is 44.9 Å². The lowest BCUT2D eigenvalue weighted by Gasteiger charge is -2.25. The Balaban J connectivity index is 1.36. The van der Waals surface area contributed by atoms with Crippen LogP contribution in [0.1, 0.15) is 22.3 Å². The van der Waals surface area contributed by atoms with Gasteiger partial charge in [-0.15, -0.1) is 5.11 Å². The smallest absolute Gasteiger partial charge is 0.329 e. The predicted octanol–water partition coefficient (Wildman–Crippen LogP) is 6.10. The summed E-state index contributed by atoms with van der Waals surface area (Å²) in [7, 11) is 0. The summed E-state index contributed by atoms with van der Waals surface area (Å²) in [5, 5.41) is 13.1. The summed E-state index contributed by atoms with van der Waals surface area (Å²) in [6, 6.07) is 13.6. The third-order valence-electron chi connectivity index (χ3n) is 6.33. The molecule has 5 rings (SSSR count). The highest BCUT2D eigenvalue weighted by Crippen LogP contribution is 2.35. The molecular weight excluding hydrogens is 514 g/mol. The van der Waals surface area contributed by atoms with Crippen LogP contribution >= 0.6 is 12.2 Å². The second-order valence-electron chi connectivity index (χ2n) is 8.89. The molecule has 1 heterocycles. The lowest BCUT2D eigenvalue weighted by Crippen LogP contribution is -2.33. The van der Waals surface area contributed by atoms with Crippen molar-refractivity contribution in [1.29, 1.82) is 0 Å². The third kappa shape index (κ3) is 4.99. The fraction of sp³-hybridized carbons (Fsp3) is 0.143. The van der Waals surface area contributed by atoms with E-state index in [1.807, 2.05) is 62.4 Å². The van der Waals surface area contributed by atoms with Crippen molar-refractivity contribution in [2.45, 2.75) is 26.1 Å². The molecule has 5 nitrogen and oxygen atoms in total. The van der Waals surface area contributed by atoms with Crippen LogP contribution in [0.15, 0.2) is 75.9 Å². The summed E-state index contributed by atoms with van der Waals surface area (Å²) in [5.74, 6) is -0.966. The molecule has 1 N–H and O–H groups in total. The summed E-state index contributed by atoms with van der Waals surface area (Å²) in [6.45, 7) is 3.97. The first-order valence-electron chi connectivity index (χ1n) is 11.6. The number of anilines is 2. The first-order chi connectivity index (χ1) is 18.1. The Morgan fingerprint density at radius 3 is 2.55 bits per heavy atom. The highest BCUT2D eigenvalue weighted by molar-refractivity contribution is 7.80. The number of aliphatic imine (C=N–C) groups is 1. The fourth-order valence-corrected chi connectivity index (χ4v) is 4.59. The third-order valence-corrected chi connectivity index (χ3v) is 6.52. The highest BCUT2D eigenvalue weighted by atomic mass is 32.1. The molecule has 38 heavy (non-hydrogen) atoms. The van der Waals surface area contributed by atoms with Gasteiger partial charge in [-0.2, -0.15) is 18.3 Å². The van der Waals surface area contributed by atoms with Gasteiger partial charge in [-0.1, -0.05) is 42.5 Å². The van der Waals surface area contributed by atoms with Crippen LogP contribution < -0.4 is 20.7 Å². The second-order valence-corrected chi connectivity index (χ2v) is 9.28. The molecule has 1 aliphatic heterocycles. The first kappa shape index (κ1) is 25.5. The Morgan fingerprint density at radius 2 is 1.84 bits per heavy atom. The van der Waals surface area contributed by atoms with Gasteiger partial charge in [0.2, 0.25) is 5.11 Å². The Labute approximate surface area is 221 Å². The molecule has 0 saturated carbocycles. The van der Waals surface area contributed by atoms with Crippen molar-refractivity contribution in [3.63, 3.8) is 0 Å². The van der Waals surface area contributed by atoms with Crippen molar-refractivity contribution in [3.05, 3.63) is 99.2 Å². The number of hydrogen-bond donors (Lipinski definition) is 1. The Kier molecular flexibility index (Phi) is 6.66. The van der Waals surface area contributed by atoms with Crippen LogP contribution in [0.4, 0.5) is 28.9 Å². The molecule has 1 aliphatic carbocycles. The minimum Gasteiger partial charge on any atom is -0.329 e. The Bertz CT molecular complexity index is 1640. The topological polar surface area (TPSA) is 52.4 Å². The zero-order valence-corrected chi connectivity index (χ0v) is 21.1. The van der Waals surface area contributed by atoms with Crippen LogP contribution in [0.25, 0.3) is 18.0 Å². The van der Waals surface area contributed by atoms with Crippen LogP contribution in [-0.2, 0) is 6.18 Å². The number of thiocarbonyl (C=S) groups is 1. The van der Waals surface area contributed by atoms with Crippen LogP contribution in [0.2, 0.25) is 0 Å². The quantitative estimate of drug-likeness (QED) is 0.251. The molecule has 0 amide bonds. The van der Waals surface area contributed by atoms with E-state index >= 15 is 0 Å². The number of halogens is 4. The number of aryl methyl sites for hydroxylation is 2. The van der Waals surface area contributed by atoms with Crippen LogP contribution in [0, 0.1) is 19.7 Å². The summed E-state index contributed by atoms with van der Waals surface area (Å²) < 4.78 is 53.4. The number of nitrogens with zero attached hydrogens (tertiary/aromatic N) is 4. The van der Waals surface area contributed by atoms with Crippen molar-refractivity contribution in [3.8, 4) is 0 Å². The largest absolute Gasteiger partial charge is 0.416 e. The normalized spacial score (nSPS) is 16.8. The molecule has 0 saturated heterocycles. The van der Waals surface area contributed by atoms with Gasteiger partial charge in [0.25, 0.3) is 0 Å². The maximum atomic E-state index is 14.6. The average Bonchev–Trinajstić information content (AvgIpc) is 3.30. The summed E-state index contributed by atoms with van der Waals surface area (Å²) >= 11 is 5.30. The van der Waals surface area contributed by atoms with E-state index in [9.17, 15) is 17.6 Å². The molecule has 0 aromatic heterocycles. The molecule has 0 fully saturated rings. The van der Waals surface area contributed by atoms with Gasteiger partial charge >= 0.3 is 6.18 Å². The highest BCUT2D eigenvalue weighted by Gasteiger charge is 2.33. The van der Waals surface area contributed by atoms with Gasteiger partial charge in [0.05, 0.1) is 35.5 Å². The van der Waals surface area contributed by atoms with Crippen LogP contribution in [0.5, 0.6) is 0 Å². The zero-order valence-electron chi connectivity index (χ0n) is 20.3.